The Labute approximate surface area is 167 Å². The number of hydrogen-bond donors (Lipinski definition) is 3. The molecule has 4 rings (SSSR count). The number of aromatic amines is 1. The lowest BCUT2D eigenvalue weighted by atomic mass is 10.1. The molecule has 4 aromatic rings. The van der Waals surface area contributed by atoms with Gasteiger partial charge in [0.05, 0.1) is 11.3 Å². The number of primary amides is 1. The highest BCUT2D eigenvalue weighted by atomic mass is 35.5. The fourth-order valence-corrected chi connectivity index (χ4v) is 3.01. The van der Waals surface area contributed by atoms with Crippen molar-refractivity contribution in [2.24, 2.45) is 5.73 Å². The number of nitrogens with two attached hydrogens (primary N) is 1. The molecule has 144 valence electrons. The second-order valence-corrected chi connectivity index (χ2v) is 6.52. The van der Waals surface area contributed by atoms with E-state index < -0.39 is 17.6 Å². The van der Waals surface area contributed by atoms with Crippen molar-refractivity contribution >= 4 is 34.6 Å². The molecular weight excluding hydrogens is 398 g/mol. The zero-order chi connectivity index (χ0) is 20.7. The molecule has 0 radical (unpaired) electrons. The standard InChI is InChI=1S/C19H12ClN5O4/c20-11-5-7-12(8-6-11)25-17-14(23-19(25)29)13(15(21)26)22-16(24-17)9-1-3-10(4-2-9)18(27)28/h1-8H,(H2,21,26)(H,23,29)(H,27,28). The Bertz CT molecular complexity index is 1320. The molecule has 10 heteroatoms. The molecule has 1 amide bonds. The summed E-state index contributed by atoms with van der Waals surface area (Å²) in [6.45, 7) is 0. The number of aromatic nitrogens is 4. The number of hydrogen-bond acceptors (Lipinski definition) is 5. The summed E-state index contributed by atoms with van der Waals surface area (Å²) in [4.78, 5) is 46.7. The molecule has 0 saturated carbocycles. The highest BCUT2D eigenvalue weighted by Crippen LogP contribution is 2.23. The van der Waals surface area contributed by atoms with Crippen LogP contribution >= 0.6 is 11.6 Å². The van der Waals surface area contributed by atoms with Crippen LogP contribution in [-0.4, -0.2) is 36.5 Å². The van der Waals surface area contributed by atoms with Gasteiger partial charge in [0.25, 0.3) is 5.91 Å². The number of nitrogens with one attached hydrogen (secondary N) is 1. The Balaban J connectivity index is 1.99. The summed E-state index contributed by atoms with van der Waals surface area (Å²) >= 11 is 5.91. The average Bonchev–Trinajstić information content (AvgIpc) is 3.03. The van der Waals surface area contributed by atoms with Gasteiger partial charge >= 0.3 is 11.7 Å². The third-order valence-corrected chi connectivity index (χ3v) is 4.50. The number of carbonyl (C=O) groups excluding carboxylic acids is 1. The van der Waals surface area contributed by atoms with Gasteiger partial charge in [0.15, 0.2) is 17.2 Å². The Morgan fingerprint density at radius 3 is 2.28 bits per heavy atom. The summed E-state index contributed by atoms with van der Waals surface area (Å²) in [6, 6.07) is 12.3. The maximum absolute atomic E-state index is 12.6. The van der Waals surface area contributed by atoms with Crippen molar-refractivity contribution in [3.63, 3.8) is 0 Å². The first-order valence-electron chi connectivity index (χ1n) is 8.27. The highest BCUT2D eigenvalue weighted by molar-refractivity contribution is 6.30. The van der Waals surface area contributed by atoms with Crippen LogP contribution in [0.4, 0.5) is 0 Å². The monoisotopic (exact) mass is 409 g/mol. The maximum atomic E-state index is 12.6. The quantitative estimate of drug-likeness (QED) is 0.471. The van der Waals surface area contributed by atoms with E-state index in [2.05, 4.69) is 15.0 Å². The van der Waals surface area contributed by atoms with Gasteiger partial charge in [0, 0.05) is 10.6 Å². The molecule has 0 spiro atoms. The van der Waals surface area contributed by atoms with Crippen LogP contribution in [0.5, 0.6) is 0 Å². The molecule has 0 saturated heterocycles. The van der Waals surface area contributed by atoms with Crippen LogP contribution in [0.2, 0.25) is 5.02 Å². The number of amides is 1. The second-order valence-electron chi connectivity index (χ2n) is 6.08. The first-order chi connectivity index (χ1) is 13.8. The average molecular weight is 410 g/mol. The van der Waals surface area contributed by atoms with Crippen molar-refractivity contribution in [2.75, 3.05) is 0 Å². The van der Waals surface area contributed by atoms with Gasteiger partial charge in [-0.25, -0.2) is 24.1 Å². The molecule has 2 aromatic heterocycles. The lowest BCUT2D eigenvalue weighted by Crippen LogP contribution is -2.15. The minimum Gasteiger partial charge on any atom is -0.478 e. The number of H-pyrrole nitrogens is 1. The third kappa shape index (κ3) is 3.23. The first kappa shape index (κ1) is 18.4. The summed E-state index contributed by atoms with van der Waals surface area (Å²) in [5, 5.41) is 9.54. The summed E-state index contributed by atoms with van der Waals surface area (Å²) in [7, 11) is 0. The van der Waals surface area contributed by atoms with Crippen molar-refractivity contribution in [2.45, 2.75) is 0 Å². The van der Waals surface area contributed by atoms with Gasteiger partial charge in [-0.1, -0.05) is 23.7 Å². The third-order valence-electron chi connectivity index (χ3n) is 4.25. The SMILES string of the molecule is NC(=O)c1nc(-c2ccc(C(=O)O)cc2)nc2c1[nH]c(=O)n2-c1ccc(Cl)cc1. The molecule has 0 unspecified atom stereocenters. The zero-order valence-electron chi connectivity index (χ0n) is 14.6. The molecule has 0 bridgehead atoms. The molecule has 2 aromatic carbocycles. The molecule has 0 aliphatic heterocycles. The molecule has 0 aliphatic rings. The summed E-state index contributed by atoms with van der Waals surface area (Å²) < 4.78 is 1.27. The molecule has 0 atom stereocenters. The molecule has 2 heterocycles. The fourth-order valence-electron chi connectivity index (χ4n) is 2.88. The molecule has 0 aliphatic carbocycles. The van der Waals surface area contributed by atoms with Crippen molar-refractivity contribution in [1.29, 1.82) is 0 Å². The van der Waals surface area contributed by atoms with E-state index in [1.807, 2.05) is 0 Å². The zero-order valence-corrected chi connectivity index (χ0v) is 15.3. The van der Waals surface area contributed by atoms with E-state index in [1.165, 1.54) is 28.8 Å². The first-order valence-corrected chi connectivity index (χ1v) is 8.65. The van der Waals surface area contributed by atoms with E-state index in [0.717, 1.165) is 0 Å². The van der Waals surface area contributed by atoms with Gasteiger partial charge < -0.3 is 15.8 Å². The van der Waals surface area contributed by atoms with Crippen molar-refractivity contribution < 1.29 is 14.7 Å². The number of carboxylic acids is 1. The fraction of sp³-hybridized carbons (Fsp3) is 0. The maximum Gasteiger partial charge on any atom is 0.335 e. The Morgan fingerprint density at radius 2 is 1.69 bits per heavy atom. The van der Waals surface area contributed by atoms with Gasteiger partial charge in [-0.05, 0) is 36.4 Å². The number of imidazole rings is 1. The lowest BCUT2D eigenvalue weighted by Gasteiger charge is -2.07. The number of benzene rings is 2. The number of halogens is 1. The van der Waals surface area contributed by atoms with E-state index in [0.29, 0.717) is 16.3 Å². The van der Waals surface area contributed by atoms with Crippen molar-refractivity contribution in [3.05, 3.63) is 75.3 Å². The predicted molar refractivity (Wildman–Crippen MR) is 105 cm³/mol. The van der Waals surface area contributed by atoms with Crippen LogP contribution in [0.1, 0.15) is 20.8 Å². The summed E-state index contributed by atoms with van der Waals surface area (Å²) in [5.74, 6) is -1.80. The van der Waals surface area contributed by atoms with E-state index in [-0.39, 0.29) is 28.2 Å². The highest BCUT2D eigenvalue weighted by Gasteiger charge is 2.20. The minimum absolute atomic E-state index is 0.0877. The van der Waals surface area contributed by atoms with Crippen LogP contribution in [-0.2, 0) is 0 Å². The number of rotatable bonds is 4. The largest absolute Gasteiger partial charge is 0.478 e. The Kier molecular flexibility index (Phi) is 4.36. The van der Waals surface area contributed by atoms with Crippen LogP contribution in [0.3, 0.4) is 0 Å². The van der Waals surface area contributed by atoms with Gasteiger partial charge in [0.1, 0.15) is 5.52 Å². The molecule has 4 N–H and O–H groups in total. The lowest BCUT2D eigenvalue weighted by molar-refractivity contribution is 0.0696. The van der Waals surface area contributed by atoms with Gasteiger partial charge in [-0.2, -0.15) is 0 Å². The number of fused-ring (bicyclic) bond motifs is 1. The summed E-state index contributed by atoms with van der Waals surface area (Å²) in [5.41, 5.74) is 6.04. The van der Waals surface area contributed by atoms with Crippen LogP contribution in [0.15, 0.2) is 53.3 Å². The number of carboxylic acid groups (broad SMARTS) is 1. The number of carbonyl (C=O) groups is 2. The predicted octanol–water partition coefficient (Wildman–Crippen LogP) is 2.23. The molecule has 9 nitrogen and oxygen atoms in total. The van der Waals surface area contributed by atoms with Crippen LogP contribution < -0.4 is 11.4 Å². The van der Waals surface area contributed by atoms with Gasteiger partial charge in [0.2, 0.25) is 0 Å². The number of aromatic carboxylic acids is 1. The van der Waals surface area contributed by atoms with Crippen molar-refractivity contribution in [3.8, 4) is 17.1 Å². The Morgan fingerprint density at radius 1 is 1.03 bits per heavy atom. The molecule has 29 heavy (non-hydrogen) atoms. The Hall–Kier alpha value is -3.98. The summed E-state index contributed by atoms with van der Waals surface area (Å²) in [6.07, 6.45) is 0. The number of nitrogens with zero attached hydrogens (tertiary/aromatic N) is 3. The van der Waals surface area contributed by atoms with Crippen LogP contribution in [0.25, 0.3) is 28.2 Å². The normalized spacial score (nSPS) is 10.9. The van der Waals surface area contributed by atoms with Gasteiger partial charge in [-0.15, -0.1) is 0 Å². The second kappa shape index (κ2) is 6.88. The molecular formula is C19H12ClN5O4. The smallest absolute Gasteiger partial charge is 0.335 e. The van der Waals surface area contributed by atoms with Gasteiger partial charge in [-0.3, -0.25) is 4.79 Å². The van der Waals surface area contributed by atoms with E-state index in [1.54, 1.807) is 24.3 Å². The minimum atomic E-state index is -1.08. The van der Waals surface area contributed by atoms with E-state index in [9.17, 15) is 14.4 Å². The molecule has 0 fully saturated rings. The van der Waals surface area contributed by atoms with Crippen LogP contribution in [0, 0.1) is 0 Å². The topological polar surface area (TPSA) is 144 Å². The van der Waals surface area contributed by atoms with Crippen molar-refractivity contribution in [1.82, 2.24) is 19.5 Å². The van der Waals surface area contributed by atoms with E-state index >= 15 is 0 Å². The van der Waals surface area contributed by atoms with E-state index in [4.69, 9.17) is 22.4 Å².